The molecule has 5 heterocycles. The number of hydrogen-bond acceptors (Lipinski definition) is 9. The van der Waals surface area contributed by atoms with E-state index in [0.717, 1.165) is 19.4 Å². The summed E-state index contributed by atoms with van der Waals surface area (Å²) in [4.78, 5) is 23.1. The second-order valence-electron chi connectivity index (χ2n) is 8.16. The van der Waals surface area contributed by atoms with Crippen LogP contribution in [-0.2, 0) is 10.0 Å². The molecule has 1 unspecified atom stereocenters. The molecule has 0 radical (unpaired) electrons. The molecule has 2 aliphatic rings. The predicted octanol–water partition coefficient (Wildman–Crippen LogP) is 0.893. The Hall–Kier alpha value is -3.30. The zero-order valence-corrected chi connectivity index (χ0v) is 18.4. The number of anilines is 2. The van der Waals surface area contributed by atoms with E-state index in [1.807, 2.05) is 11.0 Å². The van der Waals surface area contributed by atoms with Gasteiger partial charge in [0.2, 0.25) is 16.0 Å². The summed E-state index contributed by atoms with van der Waals surface area (Å²) in [5, 5.41) is 12.4. The van der Waals surface area contributed by atoms with E-state index in [4.69, 9.17) is 10.2 Å². The van der Waals surface area contributed by atoms with E-state index in [9.17, 15) is 8.42 Å². The Bertz CT molecular complexity index is 1290. The van der Waals surface area contributed by atoms with Crippen molar-refractivity contribution in [3.8, 4) is 17.3 Å². The van der Waals surface area contributed by atoms with E-state index in [0.29, 0.717) is 48.0 Å². The minimum atomic E-state index is -3.65. The third-order valence-electron chi connectivity index (χ3n) is 5.81. The number of fused-ring (bicyclic) bond motifs is 1. The summed E-state index contributed by atoms with van der Waals surface area (Å²) in [5.41, 5.74) is 2.31. The third kappa shape index (κ3) is 3.74. The molecule has 3 aromatic rings. The highest BCUT2D eigenvalue weighted by atomic mass is 32.2. The molecule has 0 saturated carbocycles. The maximum absolute atomic E-state index is 13.0. The lowest BCUT2D eigenvalue weighted by molar-refractivity contribution is 0.453. The van der Waals surface area contributed by atoms with Gasteiger partial charge in [-0.15, -0.1) is 0 Å². The van der Waals surface area contributed by atoms with Gasteiger partial charge in [-0.3, -0.25) is 0 Å². The van der Waals surface area contributed by atoms with E-state index < -0.39 is 10.0 Å². The highest BCUT2D eigenvalue weighted by Gasteiger charge is 2.34. The Balaban J connectivity index is 1.64. The molecule has 0 aliphatic carbocycles. The minimum absolute atomic E-state index is 0.0721. The molecule has 5 rings (SSSR count). The number of rotatable bonds is 5. The van der Waals surface area contributed by atoms with Crippen LogP contribution in [0.25, 0.3) is 22.4 Å². The SMILES string of the molecule is CS(=O)(=O)N(c1nc(N2CC(C#N)C2)ncc1-c1cnc2[nH]ccc2n1)C1CCCNC1. The van der Waals surface area contributed by atoms with Crippen LogP contribution in [0, 0.1) is 17.2 Å². The van der Waals surface area contributed by atoms with Gasteiger partial charge in [0, 0.05) is 32.0 Å². The summed E-state index contributed by atoms with van der Waals surface area (Å²) < 4.78 is 27.4. The molecule has 2 aliphatic heterocycles. The largest absolute Gasteiger partial charge is 0.345 e. The zero-order chi connectivity index (χ0) is 22.3. The minimum Gasteiger partial charge on any atom is -0.345 e. The maximum Gasteiger partial charge on any atom is 0.233 e. The first-order chi connectivity index (χ1) is 15.4. The monoisotopic (exact) mass is 453 g/mol. The van der Waals surface area contributed by atoms with Gasteiger partial charge >= 0.3 is 0 Å². The van der Waals surface area contributed by atoms with E-state index >= 15 is 0 Å². The van der Waals surface area contributed by atoms with Gasteiger partial charge in [-0.05, 0) is 25.5 Å². The number of hydrogen-bond donors (Lipinski definition) is 2. The molecule has 2 N–H and O–H groups in total. The quantitative estimate of drug-likeness (QED) is 0.575. The lowest BCUT2D eigenvalue weighted by Crippen LogP contribution is -2.50. The average Bonchev–Trinajstić information content (AvgIpc) is 3.21. The van der Waals surface area contributed by atoms with Gasteiger partial charge in [0.25, 0.3) is 0 Å². The topological polar surface area (TPSA) is 144 Å². The number of nitrogens with zero attached hydrogens (tertiary/aromatic N) is 7. The fourth-order valence-electron chi connectivity index (χ4n) is 4.18. The Morgan fingerprint density at radius 3 is 2.81 bits per heavy atom. The van der Waals surface area contributed by atoms with Gasteiger partial charge in [0.05, 0.1) is 41.7 Å². The van der Waals surface area contributed by atoms with Crippen molar-refractivity contribution in [2.45, 2.75) is 18.9 Å². The van der Waals surface area contributed by atoms with Crippen molar-refractivity contribution in [2.24, 2.45) is 5.92 Å². The lowest BCUT2D eigenvalue weighted by Gasteiger charge is -2.37. The molecule has 3 aromatic heterocycles. The third-order valence-corrected chi connectivity index (χ3v) is 6.99. The van der Waals surface area contributed by atoms with Crippen LogP contribution in [0.4, 0.5) is 11.8 Å². The Kier molecular flexibility index (Phi) is 5.15. The molecule has 0 spiro atoms. The van der Waals surface area contributed by atoms with Crippen LogP contribution in [0.15, 0.2) is 24.7 Å². The first-order valence-electron chi connectivity index (χ1n) is 10.5. The highest BCUT2D eigenvalue weighted by molar-refractivity contribution is 7.92. The Labute approximate surface area is 185 Å². The standard InChI is InChI=1S/C20H23N9O2S/c1-32(30,31)29(14-3-2-5-22-8-14)19-15(17-10-24-18-16(26-17)4-6-23-18)9-25-20(27-19)28-11-13(7-21)12-28/h4,6,9-10,13-14,22H,2-3,5,8,11-12H2,1H3,(H,23,24). The summed E-state index contributed by atoms with van der Waals surface area (Å²) in [5.74, 6) is 0.622. The van der Waals surface area contributed by atoms with Crippen molar-refractivity contribution >= 4 is 33.0 Å². The predicted molar refractivity (Wildman–Crippen MR) is 119 cm³/mol. The van der Waals surface area contributed by atoms with E-state index in [1.54, 1.807) is 18.6 Å². The molecule has 12 heteroatoms. The van der Waals surface area contributed by atoms with Crippen molar-refractivity contribution in [3.05, 3.63) is 24.7 Å². The smallest absolute Gasteiger partial charge is 0.233 e. The lowest BCUT2D eigenvalue weighted by atomic mass is 10.0. The number of sulfonamides is 1. The van der Waals surface area contributed by atoms with Gasteiger partial charge in [-0.1, -0.05) is 0 Å². The van der Waals surface area contributed by atoms with Gasteiger partial charge in [-0.2, -0.15) is 10.2 Å². The molecule has 0 amide bonds. The summed E-state index contributed by atoms with van der Waals surface area (Å²) in [7, 11) is -3.65. The van der Waals surface area contributed by atoms with Crippen molar-refractivity contribution < 1.29 is 8.42 Å². The van der Waals surface area contributed by atoms with Crippen LogP contribution in [-0.4, -0.2) is 71.8 Å². The second kappa shape index (κ2) is 7.99. The molecular formula is C20H23N9O2S. The van der Waals surface area contributed by atoms with Gasteiger partial charge in [-0.25, -0.2) is 27.7 Å². The van der Waals surface area contributed by atoms with Crippen LogP contribution in [0.5, 0.6) is 0 Å². The molecule has 1 atom stereocenters. The van der Waals surface area contributed by atoms with Gasteiger partial charge < -0.3 is 15.2 Å². The molecule has 32 heavy (non-hydrogen) atoms. The molecule has 11 nitrogen and oxygen atoms in total. The van der Waals surface area contributed by atoms with Crippen molar-refractivity contribution in [1.29, 1.82) is 5.26 Å². The second-order valence-corrected chi connectivity index (χ2v) is 10.0. The van der Waals surface area contributed by atoms with Gasteiger partial charge in [0.1, 0.15) is 5.52 Å². The number of nitrogens with one attached hydrogen (secondary N) is 2. The number of piperidine rings is 1. The van der Waals surface area contributed by atoms with Crippen molar-refractivity contribution in [3.63, 3.8) is 0 Å². The molecular weight excluding hydrogens is 430 g/mol. The molecule has 166 valence electrons. The highest BCUT2D eigenvalue weighted by Crippen LogP contribution is 2.34. The van der Waals surface area contributed by atoms with E-state index in [-0.39, 0.29) is 17.8 Å². The molecule has 2 saturated heterocycles. The molecule has 0 aromatic carbocycles. The van der Waals surface area contributed by atoms with Crippen molar-refractivity contribution in [2.75, 3.05) is 41.6 Å². The van der Waals surface area contributed by atoms with E-state index in [2.05, 4.69) is 31.3 Å². The normalized spacial score (nSPS) is 19.5. The first kappa shape index (κ1) is 20.6. The fraction of sp³-hybridized carbons (Fsp3) is 0.450. The number of aromatic nitrogens is 5. The van der Waals surface area contributed by atoms with Crippen LogP contribution in [0.1, 0.15) is 12.8 Å². The molecule has 0 bridgehead atoms. The summed E-state index contributed by atoms with van der Waals surface area (Å²) in [6, 6.07) is 3.77. The van der Waals surface area contributed by atoms with Crippen LogP contribution in [0.2, 0.25) is 0 Å². The van der Waals surface area contributed by atoms with Crippen LogP contribution < -0.4 is 14.5 Å². The van der Waals surface area contributed by atoms with Gasteiger partial charge in [0.15, 0.2) is 11.5 Å². The summed E-state index contributed by atoms with van der Waals surface area (Å²) in [6.07, 6.45) is 7.74. The van der Waals surface area contributed by atoms with Crippen molar-refractivity contribution in [1.82, 2.24) is 30.2 Å². The Morgan fingerprint density at radius 2 is 2.09 bits per heavy atom. The Morgan fingerprint density at radius 1 is 1.25 bits per heavy atom. The van der Waals surface area contributed by atoms with Crippen LogP contribution >= 0.6 is 0 Å². The average molecular weight is 454 g/mol. The van der Waals surface area contributed by atoms with E-state index in [1.165, 1.54) is 10.6 Å². The van der Waals surface area contributed by atoms with Crippen LogP contribution in [0.3, 0.4) is 0 Å². The summed E-state index contributed by atoms with van der Waals surface area (Å²) in [6.45, 7) is 2.44. The first-order valence-corrected chi connectivity index (χ1v) is 12.3. The number of aromatic amines is 1. The fourth-order valence-corrected chi connectivity index (χ4v) is 5.36. The number of H-pyrrole nitrogens is 1. The zero-order valence-electron chi connectivity index (χ0n) is 17.6. The maximum atomic E-state index is 13.0. The number of nitriles is 1. The molecule has 2 fully saturated rings. The summed E-state index contributed by atoms with van der Waals surface area (Å²) >= 11 is 0.